The van der Waals surface area contributed by atoms with Gasteiger partial charge in [0.1, 0.15) is 10.4 Å². The number of aromatic nitrogens is 3. The predicted octanol–water partition coefficient (Wildman–Crippen LogP) is 0.991. The zero-order valence-corrected chi connectivity index (χ0v) is 15.9. The van der Waals surface area contributed by atoms with E-state index in [0.717, 1.165) is 25.8 Å². The van der Waals surface area contributed by atoms with Gasteiger partial charge in [-0.3, -0.25) is 4.79 Å². The molecule has 1 spiro atoms. The minimum absolute atomic E-state index is 0.0489. The normalized spacial score (nSPS) is 21.6. The molecule has 2 saturated heterocycles. The Morgan fingerprint density at radius 1 is 1.12 bits per heavy atom. The van der Waals surface area contributed by atoms with Crippen LogP contribution in [0.1, 0.15) is 25.7 Å². The standard InChI is InChI=1S/C17H23N5O3S/c1-20-12-17(7-6-15(20)23)8-10-22(11-9-17)26(24,25)14-5-3-4-13-16(14)18-19-21(13)2/h3-5H,6-12H2,1-2H3. The van der Waals surface area contributed by atoms with Crippen LogP contribution in [0.3, 0.4) is 0 Å². The summed E-state index contributed by atoms with van der Waals surface area (Å²) in [5.74, 6) is 0.181. The molecule has 4 rings (SSSR count). The number of carbonyl (C=O) groups is 1. The maximum Gasteiger partial charge on any atom is 0.245 e. The molecule has 0 atom stereocenters. The SMILES string of the molecule is CN1CC2(CCC1=O)CCN(S(=O)(=O)c1cccc3c1nnn3C)CC2. The third-order valence-electron chi connectivity index (χ3n) is 5.87. The van der Waals surface area contributed by atoms with Crippen molar-refractivity contribution in [3.05, 3.63) is 18.2 Å². The van der Waals surface area contributed by atoms with Gasteiger partial charge in [0.05, 0.1) is 5.52 Å². The Balaban J connectivity index is 1.58. The number of hydrogen-bond donors (Lipinski definition) is 0. The third kappa shape index (κ3) is 2.69. The molecule has 8 nitrogen and oxygen atoms in total. The highest BCUT2D eigenvalue weighted by Gasteiger charge is 2.42. The Bertz CT molecular complexity index is 960. The molecule has 0 N–H and O–H groups in total. The molecular weight excluding hydrogens is 354 g/mol. The first-order valence-electron chi connectivity index (χ1n) is 8.85. The lowest BCUT2D eigenvalue weighted by Gasteiger charge is -2.46. The van der Waals surface area contributed by atoms with Crippen LogP contribution in [0, 0.1) is 5.41 Å². The number of nitrogens with zero attached hydrogens (tertiary/aromatic N) is 5. The van der Waals surface area contributed by atoms with E-state index in [9.17, 15) is 13.2 Å². The average molecular weight is 377 g/mol. The van der Waals surface area contributed by atoms with Crippen molar-refractivity contribution in [2.24, 2.45) is 12.5 Å². The van der Waals surface area contributed by atoms with Crippen molar-refractivity contribution >= 4 is 27.0 Å². The van der Waals surface area contributed by atoms with Gasteiger partial charge in [0.15, 0.2) is 0 Å². The smallest absolute Gasteiger partial charge is 0.245 e. The van der Waals surface area contributed by atoms with Crippen molar-refractivity contribution in [2.75, 3.05) is 26.7 Å². The number of benzene rings is 1. The first kappa shape index (κ1) is 17.4. The lowest BCUT2D eigenvalue weighted by Crippen LogP contribution is -2.51. The fourth-order valence-electron chi connectivity index (χ4n) is 4.22. The number of rotatable bonds is 2. The summed E-state index contributed by atoms with van der Waals surface area (Å²) in [7, 11) is -0.0362. The number of likely N-dealkylation sites (tertiary alicyclic amines) is 1. The van der Waals surface area contributed by atoms with E-state index in [4.69, 9.17) is 0 Å². The van der Waals surface area contributed by atoms with Crippen molar-refractivity contribution in [1.29, 1.82) is 0 Å². The Morgan fingerprint density at radius 3 is 2.54 bits per heavy atom. The Kier molecular flexibility index (Phi) is 4.03. The van der Waals surface area contributed by atoms with Crippen molar-refractivity contribution < 1.29 is 13.2 Å². The molecule has 0 saturated carbocycles. The average Bonchev–Trinajstić information content (AvgIpc) is 3.00. The van der Waals surface area contributed by atoms with E-state index in [1.807, 2.05) is 13.1 Å². The van der Waals surface area contributed by atoms with Gasteiger partial charge >= 0.3 is 0 Å². The molecule has 2 aromatic rings. The molecule has 1 amide bonds. The van der Waals surface area contributed by atoms with Crippen molar-refractivity contribution in [1.82, 2.24) is 24.2 Å². The number of fused-ring (bicyclic) bond motifs is 1. The van der Waals surface area contributed by atoms with E-state index in [1.165, 1.54) is 0 Å². The highest BCUT2D eigenvalue weighted by atomic mass is 32.2. The summed E-state index contributed by atoms with van der Waals surface area (Å²) in [6, 6.07) is 5.14. The second-order valence-electron chi connectivity index (χ2n) is 7.49. The van der Waals surface area contributed by atoms with Gasteiger partial charge in [-0.25, -0.2) is 13.1 Å². The maximum absolute atomic E-state index is 13.2. The first-order valence-corrected chi connectivity index (χ1v) is 10.3. The van der Waals surface area contributed by atoms with Crippen molar-refractivity contribution in [2.45, 2.75) is 30.6 Å². The molecule has 140 valence electrons. The number of piperidine rings is 2. The van der Waals surface area contributed by atoms with Gasteiger partial charge in [0, 0.05) is 40.2 Å². The van der Waals surface area contributed by atoms with Gasteiger partial charge in [-0.05, 0) is 36.8 Å². The lowest BCUT2D eigenvalue weighted by atomic mass is 9.73. The van der Waals surface area contributed by atoms with E-state index < -0.39 is 10.0 Å². The molecule has 26 heavy (non-hydrogen) atoms. The number of carbonyl (C=O) groups excluding carboxylic acids is 1. The molecule has 2 fully saturated rings. The minimum Gasteiger partial charge on any atom is -0.345 e. The number of aryl methyl sites for hydroxylation is 1. The summed E-state index contributed by atoms with van der Waals surface area (Å²) >= 11 is 0. The van der Waals surface area contributed by atoms with Crippen LogP contribution in [0.4, 0.5) is 0 Å². The quantitative estimate of drug-likeness (QED) is 0.779. The Hall–Kier alpha value is -2.00. The summed E-state index contributed by atoms with van der Waals surface area (Å²) in [6.07, 6.45) is 2.96. The van der Waals surface area contributed by atoms with Crippen LogP contribution in [-0.4, -0.2) is 65.2 Å². The van der Waals surface area contributed by atoms with Gasteiger partial charge in [-0.1, -0.05) is 11.3 Å². The molecular formula is C17H23N5O3S. The first-order chi connectivity index (χ1) is 12.3. The monoisotopic (exact) mass is 377 g/mol. The highest BCUT2D eigenvalue weighted by molar-refractivity contribution is 7.89. The fourth-order valence-corrected chi connectivity index (χ4v) is 5.80. The van der Waals surface area contributed by atoms with Crippen LogP contribution in [0.2, 0.25) is 0 Å². The number of hydrogen-bond acceptors (Lipinski definition) is 5. The predicted molar refractivity (Wildman–Crippen MR) is 95.8 cm³/mol. The fraction of sp³-hybridized carbons (Fsp3) is 0.588. The van der Waals surface area contributed by atoms with Crippen LogP contribution < -0.4 is 0 Å². The van der Waals surface area contributed by atoms with Crippen molar-refractivity contribution in [3.8, 4) is 0 Å². The van der Waals surface area contributed by atoms with E-state index in [1.54, 1.807) is 33.1 Å². The Morgan fingerprint density at radius 2 is 1.85 bits per heavy atom. The minimum atomic E-state index is -3.62. The molecule has 0 aliphatic carbocycles. The van der Waals surface area contributed by atoms with Crippen molar-refractivity contribution in [3.63, 3.8) is 0 Å². The van der Waals surface area contributed by atoms with E-state index in [0.29, 0.717) is 30.5 Å². The zero-order chi connectivity index (χ0) is 18.5. The largest absolute Gasteiger partial charge is 0.345 e. The van der Waals surface area contributed by atoms with Crippen LogP contribution in [0.25, 0.3) is 11.0 Å². The molecule has 0 unspecified atom stereocenters. The third-order valence-corrected chi connectivity index (χ3v) is 7.80. The Labute approximate surface area is 152 Å². The van der Waals surface area contributed by atoms with E-state index in [2.05, 4.69) is 10.3 Å². The van der Waals surface area contributed by atoms with Crippen LogP contribution >= 0.6 is 0 Å². The van der Waals surface area contributed by atoms with Gasteiger partial charge in [-0.2, -0.15) is 4.31 Å². The summed E-state index contributed by atoms with van der Waals surface area (Å²) in [5.41, 5.74) is 1.16. The lowest BCUT2D eigenvalue weighted by molar-refractivity contribution is -0.136. The summed E-state index contributed by atoms with van der Waals surface area (Å²) in [4.78, 5) is 13.8. The van der Waals surface area contributed by atoms with Gasteiger partial charge < -0.3 is 4.90 Å². The molecule has 3 heterocycles. The highest BCUT2D eigenvalue weighted by Crippen LogP contribution is 2.41. The van der Waals surface area contributed by atoms with Gasteiger partial charge in [0.25, 0.3) is 0 Å². The van der Waals surface area contributed by atoms with Gasteiger partial charge in [0.2, 0.25) is 15.9 Å². The van der Waals surface area contributed by atoms with E-state index in [-0.39, 0.29) is 16.2 Å². The number of sulfonamides is 1. The molecule has 0 bridgehead atoms. The summed E-state index contributed by atoms with van der Waals surface area (Å²) in [6.45, 7) is 1.67. The van der Waals surface area contributed by atoms with Crippen LogP contribution in [0.15, 0.2) is 23.1 Å². The molecule has 0 radical (unpaired) electrons. The number of amides is 1. The summed E-state index contributed by atoms with van der Waals surface area (Å²) < 4.78 is 29.5. The second kappa shape index (κ2) is 6.02. The molecule has 1 aromatic carbocycles. The van der Waals surface area contributed by atoms with Crippen LogP contribution in [-0.2, 0) is 21.9 Å². The molecule has 2 aliphatic heterocycles. The molecule has 1 aromatic heterocycles. The van der Waals surface area contributed by atoms with E-state index >= 15 is 0 Å². The second-order valence-corrected chi connectivity index (χ2v) is 9.40. The molecule has 9 heteroatoms. The van der Waals surface area contributed by atoms with Gasteiger partial charge in [-0.15, -0.1) is 5.10 Å². The van der Waals surface area contributed by atoms with Crippen LogP contribution in [0.5, 0.6) is 0 Å². The summed E-state index contributed by atoms with van der Waals surface area (Å²) in [5, 5.41) is 7.99. The topological polar surface area (TPSA) is 88.4 Å². The molecule has 2 aliphatic rings. The zero-order valence-electron chi connectivity index (χ0n) is 15.1. The maximum atomic E-state index is 13.2.